The Hall–Kier alpha value is -1.69. The van der Waals surface area contributed by atoms with Crippen LogP contribution in [0.4, 0.5) is 0 Å². The second-order valence-corrected chi connectivity index (χ2v) is 4.17. The van der Waals surface area contributed by atoms with Gasteiger partial charge in [-0.15, -0.1) is 5.10 Å². The van der Waals surface area contributed by atoms with Crippen LogP contribution in [0.1, 0.15) is 16.1 Å². The minimum absolute atomic E-state index is 0.0673. The molecular weight excluding hydrogens is 274 g/mol. The summed E-state index contributed by atoms with van der Waals surface area (Å²) in [5.41, 5.74) is 1.65. The summed E-state index contributed by atoms with van der Waals surface area (Å²) < 4.78 is 0.958. The molecule has 0 spiro atoms. The highest BCUT2D eigenvalue weighted by Crippen LogP contribution is 2.18. The third-order valence-corrected chi connectivity index (χ3v) is 2.58. The predicted octanol–water partition coefficient (Wildman–Crippen LogP) is 2.04. The van der Waals surface area contributed by atoms with Gasteiger partial charge in [-0.3, -0.25) is 0 Å². The predicted molar refractivity (Wildman–Crippen MR) is 60.8 cm³/mol. The molecule has 6 heteroatoms. The first-order chi connectivity index (χ1) is 7.58. The van der Waals surface area contributed by atoms with Crippen molar-refractivity contribution in [3.63, 3.8) is 0 Å². The number of carboxylic acid groups (broad SMARTS) is 1. The number of carbonyl (C=O) groups is 1. The third-order valence-electron chi connectivity index (χ3n) is 2.09. The zero-order chi connectivity index (χ0) is 11.7. The first kappa shape index (κ1) is 10.8. The van der Waals surface area contributed by atoms with Gasteiger partial charge in [0.25, 0.3) is 0 Å². The molecule has 1 aromatic carbocycles. The molecule has 1 N–H and O–H groups in total. The Morgan fingerprint density at radius 2 is 2.25 bits per heavy atom. The van der Waals surface area contributed by atoms with Gasteiger partial charge in [-0.25, -0.2) is 4.79 Å². The van der Waals surface area contributed by atoms with Crippen LogP contribution in [-0.2, 0) is 0 Å². The molecule has 0 saturated heterocycles. The maximum atomic E-state index is 10.7. The van der Waals surface area contributed by atoms with E-state index in [1.54, 1.807) is 0 Å². The Morgan fingerprint density at radius 1 is 1.50 bits per heavy atom. The molecular formula is C10H8BrN3O2. The summed E-state index contributed by atoms with van der Waals surface area (Å²) in [6.07, 6.45) is 1.23. The lowest BCUT2D eigenvalue weighted by molar-refractivity contribution is 0.0690. The molecule has 0 fully saturated rings. The number of benzene rings is 1. The Bertz CT molecular complexity index is 551. The average Bonchev–Trinajstić information content (AvgIpc) is 2.66. The number of aromatic nitrogens is 3. The van der Waals surface area contributed by atoms with Crippen LogP contribution in [0.3, 0.4) is 0 Å². The van der Waals surface area contributed by atoms with E-state index in [1.807, 2.05) is 25.1 Å². The lowest BCUT2D eigenvalue weighted by Gasteiger charge is -2.03. The van der Waals surface area contributed by atoms with E-state index in [-0.39, 0.29) is 5.69 Å². The van der Waals surface area contributed by atoms with Crippen LogP contribution >= 0.6 is 15.9 Å². The van der Waals surface area contributed by atoms with Gasteiger partial charge in [-0.05, 0) is 30.7 Å². The van der Waals surface area contributed by atoms with E-state index >= 15 is 0 Å². The Labute approximate surface area is 99.8 Å². The van der Waals surface area contributed by atoms with Crippen LogP contribution in [0.15, 0.2) is 28.9 Å². The van der Waals surface area contributed by atoms with Crippen LogP contribution in [0.5, 0.6) is 0 Å². The number of nitrogens with zero attached hydrogens (tertiary/aromatic N) is 3. The first-order valence-electron chi connectivity index (χ1n) is 4.50. The zero-order valence-corrected chi connectivity index (χ0v) is 9.97. The van der Waals surface area contributed by atoms with Crippen LogP contribution < -0.4 is 0 Å². The fourth-order valence-corrected chi connectivity index (χ4v) is 1.80. The monoisotopic (exact) mass is 281 g/mol. The van der Waals surface area contributed by atoms with Crippen molar-refractivity contribution in [2.75, 3.05) is 0 Å². The Kier molecular flexibility index (Phi) is 2.74. The number of carboxylic acids is 1. The maximum absolute atomic E-state index is 10.7. The van der Waals surface area contributed by atoms with E-state index in [9.17, 15) is 4.79 Å². The van der Waals surface area contributed by atoms with Gasteiger partial charge in [0.15, 0.2) is 5.69 Å². The summed E-state index contributed by atoms with van der Waals surface area (Å²) in [6, 6.07) is 5.59. The van der Waals surface area contributed by atoms with Gasteiger partial charge in [0, 0.05) is 4.47 Å². The van der Waals surface area contributed by atoms with Crippen LogP contribution in [0.25, 0.3) is 5.69 Å². The zero-order valence-electron chi connectivity index (χ0n) is 8.38. The lowest BCUT2D eigenvalue weighted by atomic mass is 10.2. The fourth-order valence-electron chi connectivity index (χ4n) is 1.32. The van der Waals surface area contributed by atoms with Crippen molar-refractivity contribution >= 4 is 21.9 Å². The molecule has 0 unspecified atom stereocenters. The SMILES string of the molecule is Cc1cc(Br)ccc1-n1ncc(C(=O)O)n1. The second kappa shape index (κ2) is 4.05. The molecule has 0 atom stereocenters. The van der Waals surface area contributed by atoms with E-state index in [0.717, 1.165) is 15.7 Å². The quantitative estimate of drug-likeness (QED) is 0.915. The number of rotatable bonds is 2. The summed E-state index contributed by atoms with van der Waals surface area (Å²) in [6.45, 7) is 1.91. The van der Waals surface area contributed by atoms with Gasteiger partial charge < -0.3 is 5.11 Å². The van der Waals surface area contributed by atoms with Crippen LogP contribution in [0, 0.1) is 6.92 Å². The minimum atomic E-state index is -1.08. The van der Waals surface area contributed by atoms with Crippen molar-refractivity contribution in [1.29, 1.82) is 0 Å². The molecule has 0 saturated carbocycles. The molecule has 1 heterocycles. The van der Waals surface area contributed by atoms with Crippen molar-refractivity contribution in [2.45, 2.75) is 6.92 Å². The lowest BCUT2D eigenvalue weighted by Crippen LogP contribution is -2.03. The van der Waals surface area contributed by atoms with Crippen molar-refractivity contribution in [3.8, 4) is 5.69 Å². The van der Waals surface area contributed by atoms with E-state index < -0.39 is 5.97 Å². The largest absolute Gasteiger partial charge is 0.476 e. The topological polar surface area (TPSA) is 68.0 Å². The fraction of sp³-hybridized carbons (Fsp3) is 0.100. The molecule has 16 heavy (non-hydrogen) atoms. The van der Waals surface area contributed by atoms with Crippen molar-refractivity contribution in [1.82, 2.24) is 15.0 Å². The van der Waals surface area contributed by atoms with E-state index in [1.165, 1.54) is 11.0 Å². The molecule has 0 bridgehead atoms. The molecule has 2 rings (SSSR count). The van der Waals surface area contributed by atoms with E-state index in [2.05, 4.69) is 26.1 Å². The molecule has 0 aliphatic heterocycles. The summed E-state index contributed by atoms with van der Waals surface area (Å²) >= 11 is 3.35. The standard InChI is InChI=1S/C10H8BrN3O2/c1-6-4-7(11)2-3-9(6)14-12-5-8(13-14)10(15)16/h2-5H,1H3,(H,15,16). The number of hydrogen-bond acceptors (Lipinski definition) is 3. The van der Waals surface area contributed by atoms with Gasteiger partial charge in [0.1, 0.15) is 0 Å². The third kappa shape index (κ3) is 1.96. The van der Waals surface area contributed by atoms with Crippen molar-refractivity contribution in [3.05, 3.63) is 40.1 Å². The summed E-state index contributed by atoms with van der Waals surface area (Å²) in [5.74, 6) is -1.08. The van der Waals surface area contributed by atoms with E-state index in [0.29, 0.717) is 0 Å². The molecule has 2 aromatic rings. The number of aromatic carboxylic acids is 1. The van der Waals surface area contributed by atoms with Gasteiger partial charge >= 0.3 is 5.97 Å². The Balaban J connectivity index is 2.46. The van der Waals surface area contributed by atoms with Crippen LogP contribution in [0.2, 0.25) is 0 Å². The second-order valence-electron chi connectivity index (χ2n) is 3.26. The Morgan fingerprint density at radius 3 is 2.81 bits per heavy atom. The maximum Gasteiger partial charge on any atom is 0.358 e. The van der Waals surface area contributed by atoms with Crippen molar-refractivity contribution in [2.24, 2.45) is 0 Å². The molecule has 0 amide bonds. The summed E-state index contributed by atoms with van der Waals surface area (Å²) in [4.78, 5) is 12.0. The normalized spacial score (nSPS) is 10.4. The molecule has 1 aromatic heterocycles. The molecule has 82 valence electrons. The smallest absolute Gasteiger partial charge is 0.358 e. The van der Waals surface area contributed by atoms with Gasteiger partial charge in [0.2, 0.25) is 0 Å². The molecule has 5 nitrogen and oxygen atoms in total. The first-order valence-corrected chi connectivity index (χ1v) is 5.29. The van der Waals surface area contributed by atoms with Crippen molar-refractivity contribution < 1.29 is 9.90 Å². The summed E-state index contributed by atoms with van der Waals surface area (Å²) in [5, 5.41) is 16.5. The van der Waals surface area contributed by atoms with Gasteiger partial charge in [0.05, 0.1) is 11.9 Å². The van der Waals surface area contributed by atoms with Gasteiger partial charge in [-0.2, -0.15) is 9.90 Å². The minimum Gasteiger partial charge on any atom is -0.476 e. The van der Waals surface area contributed by atoms with Crippen LogP contribution in [-0.4, -0.2) is 26.1 Å². The molecule has 0 aliphatic rings. The van der Waals surface area contributed by atoms with E-state index in [4.69, 9.17) is 5.11 Å². The number of halogens is 1. The number of aryl methyl sites for hydroxylation is 1. The summed E-state index contributed by atoms with van der Waals surface area (Å²) in [7, 11) is 0. The highest BCUT2D eigenvalue weighted by molar-refractivity contribution is 9.10. The van der Waals surface area contributed by atoms with Gasteiger partial charge in [-0.1, -0.05) is 15.9 Å². The molecule has 0 radical (unpaired) electrons. The number of hydrogen-bond donors (Lipinski definition) is 1. The highest BCUT2D eigenvalue weighted by Gasteiger charge is 2.10. The average molecular weight is 282 g/mol. The highest BCUT2D eigenvalue weighted by atomic mass is 79.9. The molecule has 0 aliphatic carbocycles.